The molecule has 2 aromatic heterocycles. The Morgan fingerprint density at radius 2 is 2.40 bits per heavy atom. The molecule has 0 radical (unpaired) electrons. The van der Waals surface area contributed by atoms with Crippen LogP contribution in [0.5, 0.6) is 0 Å². The molecule has 0 saturated heterocycles. The van der Waals surface area contributed by atoms with E-state index in [-0.39, 0.29) is 24.0 Å². The molecule has 0 aromatic carbocycles. The molecule has 0 unspecified atom stereocenters. The van der Waals surface area contributed by atoms with Crippen LogP contribution < -0.4 is 5.32 Å². The van der Waals surface area contributed by atoms with Crippen LogP contribution in [-0.2, 0) is 13.1 Å². The summed E-state index contributed by atoms with van der Waals surface area (Å²) in [6.45, 7) is 2.09. The first-order valence-electron chi connectivity index (χ1n) is 5.93. The van der Waals surface area contributed by atoms with Gasteiger partial charge in [0.05, 0.1) is 13.1 Å². The molecule has 0 amide bonds. The Kier molecular flexibility index (Phi) is 6.98. The molecule has 2 aromatic rings. The predicted octanol–water partition coefficient (Wildman–Crippen LogP) is 0.591. The van der Waals surface area contributed by atoms with E-state index in [4.69, 9.17) is 4.52 Å². The van der Waals surface area contributed by atoms with Crippen LogP contribution in [0.3, 0.4) is 0 Å². The molecule has 2 rings (SSSR count). The zero-order valence-electron chi connectivity index (χ0n) is 11.4. The van der Waals surface area contributed by atoms with Crippen molar-refractivity contribution in [3.8, 4) is 0 Å². The van der Waals surface area contributed by atoms with Crippen LogP contribution in [0.4, 0.5) is 0 Å². The highest BCUT2D eigenvalue weighted by atomic mass is 127. The molecule has 110 valence electrons. The Bertz CT molecular complexity index is 497. The largest absolute Gasteiger partial charge is 0.364 e. The Morgan fingerprint density at radius 1 is 1.55 bits per heavy atom. The van der Waals surface area contributed by atoms with Gasteiger partial charge < -0.3 is 14.7 Å². The van der Waals surface area contributed by atoms with Crippen molar-refractivity contribution in [2.75, 3.05) is 20.6 Å². The lowest BCUT2D eigenvalue weighted by molar-refractivity contribution is 0.390. The monoisotopic (exact) mass is 391 g/mol. The van der Waals surface area contributed by atoms with Crippen molar-refractivity contribution in [2.45, 2.75) is 13.1 Å². The van der Waals surface area contributed by atoms with Gasteiger partial charge in [-0.25, -0.2) is 4.98 Å². The molecule has 1 N–H and O–H groups in total. The summed E-state index contributed by atoms with van der Waals surface area (Å²) < 4.78 is 6.57. The van der Waals surface area contributed by atoms with Crippen molar-refractivity contribution in [1.29, 1.82) is 0 Å². The number of aromatic nitrogens is 4. The molecule has 0 aliphatic heterocycles. The number of rotatable bonds is 5. The normalized spacial score (nSPS) is 11.0. The molecular formula is C11H18IN7O. The first kappa shape index (κ1) is 16.4. The number of hydrogen-bond acceptors (Lipinski definition) is 5. The van der Waals surface area contributed by atoms with Crippen LogP contribution in [0.1, 0.15) is 5.69 Å². The molecule has 2 heterocycles. The molecule has 0 bridgehead atoms. The first-order chi connectivity index (χ1) is 9.29. The van der Waals surface area contributed by atoms with E-state index in [0.29, 0.717) is 6.54 Å². The van der Waals surface area contributed by atoms with E-state index in [1.54, 1.807) is 24.3 Å². The van der Waals surface area contributed by atoms with E-state index in [0.717, 1.165) is 24.7 Å². The fraction of sp³-hybridized carbons (Fsp3) is 0.455. The molecule has 0 spiro atoms. The summed E-state index contributed by atoms with van der Waals surface area (Å²) in [5, 5.41) is 11.2. The second-order valence-electron chi connectivity index (χ2n) is 3.98. The summed E-state index contributed by atoms with van der Waals surface area (Å²) >= 11 is 0. The van der Waals surface area contributed by atoms with Gasteiger partial charge in [-0.3, -0.25) is 9.67 Å². The summed E-state index contributed by atoms with van der Waals surface area (Å²) in [5.74, 6) is 0.795. The average Bonchev–Trinajstić information content (AvgIpc) is 3.07. The van der Waals surface area contributed by atoms with Crippen molar-refractivity contribution in [3.63, 3.8) is 0 Å². The zero-order chi connectivity index (χ0) is 13.5. The summed E-state index contributed by atoms with van der Waals surface area (Å²) in [6, 6.07) is 1.83. The van der Waals surface area contributed by atoms with Gasteiger partial charge in [-0.05, 0) is 0 Å². The Balaban J connectivity index is 0.00000200. The summed E-state index contributed by atoms with van der Waals surface area (Å²) in [7, 11) is 3.69. The van der Waals surface area contributed by atoms with E-state index < -0.39 is 0 Å². The van der Waals surface area contributed by atoms with Crippen LogP contribution in [-0.4, -0.2) is 51.4 Å². The highest BCUT2D eigenvalue weighted by molar-refractivity contribution is 14.0. The van der Waals surface area contributed by atoms with Crippen molar-refractivity contribution in [3.05, 3.63) is 30.7 Å². The van der Waals surface area contributed by atoms with Gasteiger partial charge >= 0.3 is 0 Å². The van der Waals surface area contributed by atoms with Gasteiger partial charge in [-0.2, -0.15) is 5.10 Å². The lowest BCUT2D eigenvalue weighted by Gasteiger charge is -2.20. The SMILES string of the molecule is CN=C(NCCn1cncn1)N(C)Cc1ccon1.I. The Hall–Kier alpha value is -1.65. The molecule has 0 fully saturated rings. The van der Waals surface area contributed by atoms with E-state index in [9.17, 15) is 0 Å². The number of halogens is 1. The van der Waals surface area contributed by atoms with Crippen molar-refractivity contribution >= 4 is 29.9 Å². The Morgan fingerprint density at radius 3 is 3.00 bits per heavy atom. The van der Waals surface area contributed by atoms with Crippen molar-refractivity contribution in [2.24, 2.45) is 4.99 Å². The molecule has 20 heavy (non-hydrogen) atoms. The van der Waals surface area contributed by atoms with Crippen LogP contribution in [0.2, 0.25) is 0 Å². The minimum atomic E-state index is 0. The molecule has 0 aliphatic carbocycles. The number of aliphatic imine (C=N–C) groups is 1. The third-order valence-electron chi connectivity index (χ3n) is 2.55. The number of hydrogen-bond donors (Lipinski definition) is 1. The third kappa shape index (κ3) is 4.79. The highest BCUT2D eigenvalue weighted by Crippen LogP contribution is 1.99. The van der Waals surface area contributed by atoms with Crippen LogP contribution in [0, 0.1) is 0 Å². The fourth-order valence-electron chi connectivity index (χ4n) is 1.65. The maximum absolute atomic E-state index is 4.80. The van der Waals surface area contributed by atoms with Gasteiger partial charge in [0.15, 0.2) is 5.96 Å². The molecular weight excluding hydrogens is 373 g/mol. The molecule has 0 saturated carbocycles. The van der Waals surface area contributed by atoms with Gasteiger partial charge in [-0.1, -0.05) is 5.16 Å². The summed E-state index contributed by atoms with van der Waals surface area (Å²) in [5.41, 5.74) is 0.863. The lowest BCUT2D eigenvalue weighted by Crippen LogP contribution is -2.39. The second kappa shape index (κ2) is 8.51. The highest BCUT2D eigenvalue weighted by Gasteiger charge is 2.07. The van der Waals surface area contributed by atoms with Gasteiger partial charge in [0.1, 0.15) is 24.6 Å². The number of nitrogens with one attached hydrogen (secondary N) is 1. The predicted molar refractivity (Wildman–Crippen MR) is 84.8 cm³/mol. The van der Waals surface area contributed by atoms with Crippen LogP contribution >= 0.6 is 24.0 Å². The lowest BCUT2D eigenvalue weighted by atomic mass is 10.4. The van der Waals surface area contributed by atoms with E-state index >= 15 is 0 Å². The smallest absolute Gasteiger partial charge is 0.193 e. The minimum absolute atomic E-state index is 0. The summed E-state index contributed by atoms with van der Waals surface area (Å²) in [6.07, 6.45) is 4.76. The van der Waals surface area contributed by atoms with Crippen molar-refractivity contribution < 1.29 is 4.52 Å². The minimum Gasteiger partial charge on any atom is -0.364 e. The maximum Gasteiger partial charge on any atom is 0.193 e. The molecule has 0 aliphatic rings. The van der Waals surface area contributed by atoms with E-state index in [1.165, 1.54) is 6.33 Å². The first-order valence-corrected chi connectivity index (χ1v) is 5.93. The standard InChI is InChI=1S/C11H17N7O.HI/c1-12-11(14-4-5-18-9-13-8-15-18)17(2)7-10-3-6-19-16-10;/h3,6,8-9H,4-5,7H2,1-2H3,(H,12,14);1H. The maximum atomic E-state index is 4.80. The van der Waals surface area contributed by atoms with Gasteiger partial charge in [-0.15, -0.1) is 24.0 Å². The quantitative estimate of drug-likeness (QED) is 0.457. The van der Waals surface area contributed by atoms with Gasteiger partial charge in [0, 0.05) is 26.7 Å². The summed E-state index contributed by atoms with van der Waals surface area (Å²) in [4.78, 5) is 10.1. The van der Waals surface area contributed by atoms with E-state index in [1.807, 2.05) is 18.0 Å². The van der Waals surface area contributed by atoms with Crippen LogP contribution in [0.15, 0.2) is 34.5 Å². The third-order valence-corrected chi connectivity index (χ3v) is 2.55. The average molecular weight is 391 g/mol. The number of guanidine groups is 1. The van der Waals surface area contributed by atoms with Gasteiger partial charge in [0.25, 0.3) is 0 Å². The van der Waals surface area contributed by atoms with Gasteiger partial charge in [0.2, 0.25) is 0 Å². The fourth-order valence-corrected chi connectivity index (χ4v) is 1.65. The zero-order valence-corrected chi connectivity index (χ0v) is 13.8. The molecule has 9 heteroatoms. The Labute approximate surface area is 134 Å². The second-order valence-corrected chi connectivity index (χ2v) is 3.98. The van der Waals surface area contributed by atoms with Crippen molar-refractivity contribution in [1.82, 2.24) is 30.1 Å². The number of nitrogens with zero attached hydrogens (tertiary/aromatic N) is 6. The van der Waals surface area contributed by atoms with Crippen LogP contribution in [0.25, 0.3) is 0 Å². The van der Waals surface area contributed by atoms with E-state index in [2.05, 4.69) is 25.5 Å². The molecule has 0 atom stereocenters. The molecule has 8 nitrogen and oxygen atoms in total. The topological polar surface area (TPSA) is 84.4 Å².